The molecule has 0 amide bonds. The zero-order chi connectivity index (χ0) is 6.53. The number of hydrogen-bond donors (Lipinski definition) is 1. The van der Waals surface area contributed by atoms with Crippen LogP contribution in [0.4, 0.5) is 0 Å². The zero-order valence-electron chi connectivity index (χ0n) is 5.26. The van der Waals surface area contributed by atoms with Crippen molar-refractivity contribution in [3.8, 4) is 11.8 Å². The van der Waals surface area contributed by atoms with E-state index in [2.05, 4.69) is 11.8 Å². The van der Waals surface area contributed by atoms with Crippen molar-refractivity contribution in [1.82, 2.24) is 0 Å². The molecule has 0 aromatic rings. The van der Waals surface area contributed by atoms with Crippen LogP contribution in [0, 0.1) is 11.8 Å². The van der Waals surface area contributed by atoms with Crippen LogP contribution >= 0.6 is 0 Å². The second-order valence-corrected chi connectivity index (χ2v) is 1.98. The van der Waals surface area contributed by atoms with Crippen LogP contribution in [0.25, 0.3) is 0 Å². The van der Waals surface area contributed by atoms with Gasteiger partial charge in [0.2, 0.25) is 0 Å². The number of aliphatic hydroxyl groups is 1. The van der Waals surface area contributed by atoms with Gasteiger partial charge >= 0.3 is 0 Å². The van der Waals surface area contributed by atoms with Crippen molar-refractivity contribution in [2.75, 3.05) is 13.2 Å². The quantitative estimate of drug-likeness (QED) is 0.468. The number of ether oxygens (including phenoxy) is 1. The van der Waals surface area contributed by atoms with E-state index in [0.717, 1.165) is 19.4 Å². The van der Waals surface area contributed by atoms with Crippen LogP contribution in [-0.4, -0.2) is 24.4 Å². The highest BCUT2D eigenvalue weighted by atomic mass is 16.5. The Morgan fingerprint density at radius 2 is 2.56 bits per heavy atom. The molecule has 2 heteroatoms. The molecular weight excluding hydrogens is 116 g/mol. The molecule has 1 unspecified atom stereocenters. The van der Waals surface area contributed by atoms with Crippen LogP contribution < -0.4 is 0 Å². The monoisotopic (exact) mass is 126 g/mol. The van der Waals surface area contributed by atoms with Gasteiger partial charge in [-0.05, 0) is 12.8 Å². The first-order valence-corrected chi connectivity index (χ1v) is 3.14. The second-order valence-electron chi connectivity index (χ2n) is 1.98. The maximum Gasteiger partial charge on any atom is 0.118 e. The average Bonchev–Trinajstić information content (AvgIpc) is 2.34. The van der Waals surface area contributed by atoms with Gasteiger partial charge in [0.15, 0.2) is 0 Å². The van der Waals surface area contributed by atoms with Gasteiger partial charge < -0.3 is 9.84 Å². The Morgan fingerprint density at radius 3 is 3.11 bits per heavy atom. The lowest BCUT2D eigenvalue weighted by Crippen LogP contribution is -1.99. The summed E-state index contributed by atoms with van der Waals surface area (Å²) in [7, 11) is 0. The molecule has 0 aromatic carbocycles. The van der Waals surface area contributed by atoms with E-state index in [1.165, 1.54) is 0 Å². The molecule has 0 spiro atoms. The SMILES string of the molecule is OCC#CC1CCCO1. The molecule has 1 aliphatic heterocycles. The van der Waals surface area contributed by atoms with Gasteiger partial charge in [0.25, 0.3) is 0 Å². The Balaban J connectivity index is 2.26. The number of hydrogen-bond acceptors (Lipinski definition) is 2. The molecule has 1 saturated heterocycles. The van der Waals surface area contributed by atoms with E-state index in [1.54, 1.807) is 0 Å². The molecule has 0 saturated carbocycles. The lowest BCUT2D eigenvalue weighted by molar-refractivity contribution is 0.152. The summed E-state index contributed by atoms with van der Waals surface area (Å²) < 4.78 is 5.17. The van der Waals surface area contributed by atoms with E-state index in [1.807, 2.05) is 0 Å². The van der Waals surface area contributed by atoms with E-state index in [9.17, 15) is 0 Å². The maximum atomic E-state index is 8.30. The summed E-state index contributed by atoms with van der Waals surface area (Å²) in [6.45, 7) is 0.768. The molecule has 0 bridgehead atoms. The first-order chi connectivity index (χ1) is 4.43. The fourth-order valence-corrected chi connectivity index (χ4v) is 0.851. The third kappa shape index (κ3) is 2.05. The molecule has 50 valence electrons. The molecule has 0 aliphatic carbocycles. The van der Waals surface area contributed by atoms with Gasteiger partial charge in [-0.2, -0.15) is 0 Å². The van der Waals surface area contributed by atoms with Crippen LogP contribution in [0.5, 0.6) is 0 Å². The van der Waals surface area contributed by atoms with Gasteiger partial charge in [0.05, 0.1) is 0 Å². The predicted octanol–water partition coefficient (Wildman–Crippen LogP) is 0.161. The number of aliphatic hydroxyl groups excluding tert-OH is 1. The van der Waals surface area contributed by atoms with Gasteiger partial charge in [-0.15, -0.1) is 0 Å². The second kappa shape index (κ2) is 3.49. The minimum Gasteiger partial charge on any atom is -0.384 e. The largest absolute Gasteiger partial charge is 0.384 e. The van der Waals surface area contributed by atoms with Gasteiger partial charge in [-0.1, -0.05) is 11.8 Å². The van der Waals surface area contributed by atoms with Crippen LogP contribution in [0.15, 0.2) is 0 Å². The minimum atomic E-state index is -0.0557. The van der Waals surface area contributed by atoms with Crippen molar-refractivity contribution in [2.24, 2.45) is 0 Å². The highest BCUT2D eigenvalue weighted by Crippen LogP contribution is 2.09. The molecule has 1 N–H and O–H groups in total. The Morgan fingerprint density at radius 1 is 1.67 bits per heavy atom. The van der Waals surface area contributed by atoms with E-state index in [-0.39, 0.29) is 12.7 Å². The minimum absolute atomic E-state index is 0.0557. The summed E-state index contributed by atoms with van der Waals surface area (Å²) >= 11 is 0. The molecule has 1 fully saturated rings. The van der Waals surface area contributed by atoms with Crippen LogP contribution in [-0.2, 0) is 4.74 Å². The van der Waals surface area contributed by atoms with Gasteiger partial charge in [0, 0.05) is 6.61 Å². The fraction of sp³-hybridized carbons (Fsp3) is 0.714. The van der Waals surface area contributed by atoms with Crippen molar-refractivity contribution < 1.29 is 9.84 Å². The van der Waals surface area contributed by atoms with Gasteiger partial charge in [-0.3, -0.25) is 0 Å². The molecular formula is C7H10O2. The third-order valence-electron chi connectivity index (χ3n) is 1.27. The summed E-state index contributed by atoms with van der Waals surface area (Å²) in [5.41, 5.74) is 0. The molecule has 9 heavy (non-hydrogen) atoms. The zero-order valence-corrected chi connectivity index (χ0v) is 5.26. The van der Waals surface area contributed by atoms with Crippen molar-refractivity contribution >= 4 is 0 Å². The van der Waals surface area contributed by atoms with Gasteiger partial charge in [-0.25, -0.2) is 0 Å². The maximum absolute atomic E-state index is 8.30. The third-order valence-corrected chi connectivity index (χ3v) is 1.27. The summed E-state index contributed by atoms with van der Waals surface area (Å²) in [6.07, 6.45) is 2.22. The molecule has 1 atom stereocenters. The first-order valence-electron chi connectivity index (χ1n) is 3.14. The summed E-state index contributed by atoms with van der Waals surface area (Å²) in [6, 6.07) is 0. The van der Waals surface area contributed by atoms with Gasteiger partial charge in [0.1, 0.15) is 12.7 Å². The van der Waals surface area contributed by atoms with Crippen LogP contribution in [0.3, 0.4) is 0 Å². The highest BCUT2D eigenvalue weighted by Gasteiger charge is 2.10. The lowest BCUT2D eigenvalue weighted by Gasteiger charge is -1.95. The smallest absolute Gasteiger partial charge is 0.118 e. The molecule has 1 aliphatic rings. The van der Waals surface area contributed by atoms with Crippen molar-refractivity contribution in [2.45, 2.75) is 18.9 Å². The molecule has 0 aromatic heterocycles. The van der Waals surface area contributed by atoms with Crippen LogP contribution in [0.1, 0.15) is 12.8 Å². The van der Waals surface area contributed by atoms with Crippen molar-refractivity contribution in [3.05, 3.63) is 0 Å². The lowest BCUT2D eigenvalue weighted by atomic mass is 10.2. The van der Waals surface area contributed by atoms with Crippen LogP contribution in [0.2, 0.25) is 0 Å². The van der Waals surface area contributed by atoms with E-state index in [0.29, 0.717) is 0 Å². The first kappa shape index (κ1) is 6.60. The Kier molecular flexibility index (Phi) is 2.56. The van der Waals surface area contributed by atoms with E-state index < -0.39 is 0 Å². The molecule has 1 heterocycles. The average molecular weight is 126 g/mol. The topological polar surface area (TPSA) is 29.5 Å². The molecule has 0 radical (unpaired) electrons. The molecule has 2 nitrogen and oxygen atoms in total. The van der Waals surface area contributed by atoms with E-state index >= 15 is 0 Å². The predicted molar refractivity (Wildman–Crippen MR) is 33.8 cm³/mol. The number of rotatable bonds is 0. The summed E-state index contributed by atoms with van der Waals surface area (Å²) in [5, 5.41) is 8.30. The normalized spacial score (nSPS) is 25.2. The summed E-state index contributed by atoms with van der Waals surface area (Å²) in [4.78, 5) is 0. The van der Waals surface area contributed by atoms with E-state index in [4.69, 9.17) is 9.84 Å². The molecule has 1 rings (SSSR count). The van der Waals surface area contributed by atoms with Crippen molar-refractivity contribution in [3.63, 3.8) is 0 Å². The Labute approximate surface area is 54.8 Å². The fourth-order valence-electron chi connectivity index (χ4n) is 0.851. The Bertz CT molecular complexity index is 126. The summed E-state index contributed by atoms with van der Waals surface area (Å²) in [5.74, 6) is 5.38. The highest BCUT2D eigenvalue weighted by molar-refractivity contribution is 5.06. The standard InChI is InChI=1S/C7H10O2/c8-5-1-3-7-4-2-6-9-7/h7-8H,2,4-6H2. The Hall–Kier alpha value is -0.520. The van der Waals surface area contributed by atoms with Crippen molar-refractivity contribution in [1.29, 1.82) is 0 Å².